The monoisotopic (exact) mass is 492 g/mol. The van der Waals surface area contributed by atoms with E-state index in [4.69, 9.17) is 18.6 Å². The predicted octanol–water partition coefficient (Wildman–Crippen LogP) is 1.75. The molecular weight excluding hydrogens is 460 g/mol. The highest BCUT2D eigenvalue weighted by Crippen LogP contribution is 2.35. The summed E-state index contributed by atoms with van der Waals surface area (Å²) in [4.78, 5) is 12.5. The summed E-state index contributed by atoms with van der Waals surface area (Å²) >= 11 is 0. The molecule has 1 fully saturated rings. The highest BCUT2D eigenvalue weighted by atomic mass is 16.7. The Morgan fingerprint density at radius 3 is 2.51 bits per heavy atom. The summed E-state index contributed by atoms with van der Waals surface area (Å²) in [5.41, 5.74) is 1.45. The van der Waals surface area contributed by atoms with Crippen LogP contribution in [0.1, 0.15) is 33.6 Å². The number of hydrogen-bond acceptors (Lipinski definition) is 10. The van der Waals surface area contributed by atoms with Gasteiger partial charge in [0.05, 0.1) is 12.0 Å². The Morgan fingerprint density at radius 2 is 1.83 bits per heavy atom. The number of fused-ring (bicyclic) bond motifs is 1. The van der Waals surface area contributed by atoms with Crippen molar-refractivity contribution in [1.82, 2.24) is 0 Å². The molecule has 1 aliphatic heterocycles. The Morgan fingerprint density at radius 1 is 1.09 bits per heavy atom. The van der Waals surface area contributed by atoms with E-state index in [-0.39, 0.29) is 11.0 Å². The normalized spacial score (nSPS) is 24.9. The second-order valence-corrected chi connectivity index (χ2v) is 8.72. The summed E-state index contributed by atoms with van der Waals surface area (Å²) in [5, 5.41) is 49.9. The smallest absolute Gasteiger partial charge is 0.383 e. The van der Waals surface area contributed by atoms with Crippen molar-refractivity contribution in [3.8, 4) is 17.2 Å². The number of aliphatic hydroxyl groups excluding tert-OH is 4. The molecule has 10 heteroatoms. The maximum Gasteiger partial charge on any atom is 0.383 e. The molecule has 0 bridgehead atoms. The van der Waals surface area contributed by atoms with E-state index in [0.29, 0.717) is 12.4 Å². The molecule has 5 N–H and O–H groups in total. The van der Waals surface area contributed by atoms with Gasteiger partial charge in [-0.3, -0.25) is 0 Å². The van der Waals surface area contributed by atoms with E-state index >= 15 is 0 Å². The Bertz CT molecular complexity index is 1130. The molecule has 1 saturated heterocycles. The highest BCUT2D eigenvalue weighted by molar-refractivity contribution is 5.86. The number of rotatable bonds is 9. The minimum atomic E-state index is -1.75. The van der Waals surface area contributed by atoms with E-state index in [1.807, 2.05) is 13.0 Å². The topological polar surface area (TPSA) is 159 Å². The van der Waals surface area contributed by atoms with E-state index in [1.165, 1.54) is 23.3 Å². The number of benzene rings is 1. The van der Waals surface area contributed by atoms with Crippen LogP contribution >= 0.6 is 0 Å². The Labute approximate surface area is 202 Å². The minimum Gasteiger partial charge on any atom is -0.504 e. The molecule has 5 atom stereocenters. The van der Waals surface area contributed by atoms with Crippen LogP contribution in [-0.2, 0) is 4.74 Å². The van der Waals surface area contributed by atoms with Gasteiger partial charge < -0.3 is 44.2 Å². The molecular formula is C25H32O10. The van der Waals surface area contributed by atoms with Gasteiger partial charge in [-0.1, -0.05) is 17.2 Å². The van der Waals surface area contributed by atoms with E-state index in [2.05, 4.69) is 19.9 Å². The Kier molecular flexibility index (Phi) is 8.92. The van der Waals surface area contributed by atoms with Crippen molar-refractivity contribution in [2.75, 3.05) is 13.2 Å². The first-order chi connectivity index (χ1) is 16.6. The lowest BCUT2D eigenvalue weighted by atomic mass is 9.99. The first-order valence-electron chi connectivity index (χ1n) is 11.3. The highest BCUT2D eigenvalue weighted by Gasteiger charge is 2.45. The lowest BCUT2D eigenvalue weighted by molar-refractivity contribution is -0.278. The number of aliphatic hydroxyl groups is 4. The van der Waals surface area contributed by atoms with Crippen LogP contribution in [0.15, 0.2) is 50.7 Å². The Hall–Kier alpha value is -2.89. The molecule has 1 aliphatic rings. The second kappa shape index (κ2) is 11.7. The third kappa shape index (κ3) is 6.41. The van der Waals surface area contributed by atoms with Crippen LogP contribution in [0.4, 0.5) is 0 Å². The standard InChI is InChI=1S/C25H32O10/c1-13(2)5-4-6-14(3)9-10-32-15-7-8-16-17(11-15)33-24(31)23(19(16)27)35-25-22(30)21(29)20(28)18(12-26)34-25/h5,7-9,11,18,20-22,25-30H,4,6,10,12H2,1-3H3/t18-,20-,21+,22+,25-/m1/s1. The SMILES string of the molecule is CC(C)=CCCC(C)=CCOc1ccc2c(O)c(O[C@H]3O[C@H](CO)[C@@H](O)[C@H](O)[C@@H]3O)c(=O)oc2c1. The van der Waals surface area contributed by atoms with Crippen LogP contribution in [0.3, 0.4) is 0 Å². The van der Waals surface area contributed by atoms with E-state index in [1.54, 1.807) is 6.07 Å². The van der Waals surface area contributed by atoms with Crippen LogP contribution in [0.2, 0.25) is 0 Å². The molecule has 3 rings (SSSR count). The molecule has 0 amide bonds. The zero-order chi connectivity index (χ0) is 25.7. The van der Waals surface area contributed by atoms with Crippen LogP contribution < -0.4 is 15.1 Å². The van der Waals surface area contributed by atoms with Crippen molar-refractivity contribution in [3.05, 3.63) is 51.9 Å². The van der Waals surface area contributed by atoms with Gasteiger partial charge >= 0.3 is 5.63 Å². The molecule has 192 valence electrons. The van der Waals surface area contributed by atoms with Gasteiger partial charge in [0.25, 0.3) is 5.75 Å². The summed E-state index contributed by atoms with van der Waals surface area (Å²) in [7, 11) is 0. The average Bonchev–Trinajstić information content (AvgIpc) is 2.81. The maximum absolute atomic E-state index is 12.5. The van der Waals surface area contributed by atoms with E-state index < -0.39 is 54.4 Å². The second-order valence-electron chi connectivity index (χ2n) is 8.72. The lowest BCUT2D eigenvalue weighted by Crippen LogP contribution is -2.60. The molecule has 0 saturated carbocycles. The third-order valence-electron chi connectivity index (χ3n) is 5.67. The minimum absolute atomic E-state index is 0.0513. The lowest BCUT2D eigenvalue weighted by Gasteiger charge is -2.39. The molecule has 35 heavy (non-hydrogen) atoms. The van der Waals surface area contributed by atoms with Gasteiger partial charge in [0.15, 0.2) is 5.75 Å². The number of ether oxygens (including phenoxy) is 3. The first kappa shape index (κ1) is 26.7. The number of allylic oxidation sites excluding steroid dienone is 3. The molecule has 0 spiro atoms. The van der Waals surface area contributed by atoms with Crippen LogP contribution in [0.5, 0.6) is 17.2 Å². The summed E-state index contributed by atoms with van der Waals surface area (Å²) in [5.74, 6) is -0.781. The van der Waals surface area contributed by atoms with Gasteiger partial charge in [-0.25, -0.2) is 4.79 Å². The quantitative estimate of drug-likeness (QED) is 0.258. The van der Waals surface area contributed by atoms with Crippen LogP contribution in [0.25, 0.3) is 11.0 Å². The number of aromatic hydroxyl groups is 1. The van der Waals surface area contributed by atoms with Crippen molar-refractivity contribution in [1.29, 1.82) is 0 Å². The molecule has 2 aromatic rings. The van der Waals surface area contributed by atoms with Crippen molar-refractivity contribution < 1.29 is 44.2 Å². The van der Waals surface area contributed by atoms with Gasteiger partial charge in [0.1, 0.15) is 42.4 Å². The van der Waals surface area contributed by atoms with Gasteiger partial charge in [-0.05, 0) is 51.8 Å². The Balaban J connectivity index is 1.74. The zero-order valence-corrected chi connectivity index (χ0v) is 19.9. The first-order valence-corrected chi connectivity index (χ1v) is 11.3. The van der Waals surface area contributed by atoms with Crippen LogP contribution in [0, 0.1) is 0 Å². The molecule has 10 nitrogen and oxygen atoms in total. The van der Waals surface area contributed by atoms with E-state index in [0.717, 1.165) is 12.8 Å². The van der Waals surface area contributed by atoms with Crippen molar-refractivity contribution in [3.63, 3.8) is 0 Å². The fourth-order valence-corrected chi connectivity index (χ4v) is 3.59. The number of hydrogen-bond donors (Lipinski definition) is 5. The van der Waals surface area contributed by atoms with E-state index in [9.17, 15) is 30.3 Å². The van der Waals surface area contributed by atoms with Gasteiger partial charge in [0, 0.05) is 6.07 Å². The largest absolute Gasteiger partial charge is 0.504 e. The summed E-state index contributed by atoms with van der Waals surface area (Å²) in [6.07, 6.45) is -1.92. The molecule has 0 unspecified atom stereocenters. The van der Waals surface area contributed by atoms with Gasteiger partial charge in [-0.2, -0.15) is 0 Å². The predicted molar refractivity (Wildman–Crippen MR) is 126 cm³/mol. The zero-order valence-electron chi connectivity index (χ0n) is 19.9. The maximum atomic E-state index is 12.5. The summed E-state index contributed by atoms with van der Waals surface area (Å²) in [6.45, 7) is 5.79. The fourth-order valence-electron chi connectivity index (χ4n) is 3.59. The van der Waals surface area contributed by atoms with Crippen LogP contribution in [-0.4, -0.2) is 69.5 Å². The fraction of sp³-hybridized carbons (Fsp3) is 0.480. The van der Waals surface area contributed by atoms with Crippen molar-refractivity contribution in [2.45, 2.75) is 64.3 Å². The van der Waals surface area contributed by atoms with Crippen molar-refractivity contribution in [2.24, 2.45) is 0 Å². The average molecular weight is 493 g/mol. The molecule has 2 heterocycles. The van der Waals surface area contributed by atoms with Gasteiger partial charge in [-0.15, -0.1) is 0 Å². The molecule has 1 aromatic carbocycles. The molecule has 1 aromatic heterocycles. The van der Waals surface area contributed by atoms with Gasteiger partial charge in [0.2, 0.25) is 6.29 Å². The summed E-state index contributed by atoms with van der Waals surface area (Å²) in [6, 6.07) is 4.53. The summed E-state index contributed by atoms with van der Waals surface area (Å²) < 4.78 is 21.5. The van der Waals surface area contributed by atoms with Crippen molar-refractivity contribution >= 4 is 11.0 Å². The third-order valence-corrected chi connectivity index (χ3v) is 5.67. The molecule has 0 radical (unpaired) electrons. The molecule has 0 aliphatic carbocycles.